The third-order valence-corrected chi connectivity index (χ3v) is 6.32. The van der Waals surface area contributed by atoms with Crippen molar-refractivity contribution in [1.82, 2.24) is 0 Å². The van der Waals surface area contributed by atoms with Crippen LogP contribution in [-0.4, -0.2) is 39.1 Å². The molecule has 3 aliphatic rings. The van der Waals surface area contributed by atoms with Crippen LogP contribution in [0.1, 0.15) is 28.3 Å². The SMILES string of the molecule is COc1ccc2c(c1OC)C[N+]1(C)CCc3cc4c(cc3C1C2)OCO4.[I-]. The monoisotopic (exact) mass is 481 g/mol. The molecule has 0 saturated heterocycles. The average Bonchev–Trinajstić information content (AvgIpc) is 3.11. The Kier molecular flexibility index (Phi) is 4.66. The maximum Gasteiger partial charge on any atom is 0.231 e. The van der Waals surface area contributed by atoms with E-state index in [2.05, 4.69) is 25.2 Å². The Labute approximate surface area is 176 Å². The van der Waals surface area contributed by atoms with Crippen LogP contribution in [0.3, 0.4) is 0 Å². The van der Waals surface area contributed by atoms with E-state index in [1.54, 1.807) is 14.2 Å². The molecule has 144 valence electrons. The van der Waals surface area contributed by atoms with Crippen LogP contribution in [-0.2, 0) is 19.4 Å². The van der Waals surface area contributed by atoms with Gasteiger partial charge in [0.2, 0.25) is 6.79 Å². The quantitative estimate of drug-likeness (QED) is 0.455. The Morgan fingerprint density at radius 3 is 2.56 bits per heavy atom. The predicted octanol–water partition coefficient (Wildman–Crippen LogP) is 0.237. The summed E-state index contributed by atoms with van der Waals surface area (Å²) in [5, 5.41) is 0. The third-order valence-electron chi connectivity index (χ3n) is 6.32. The number of nitrogens with zero attached hydrogens (tertiary/aromatic N) is 1. The molecule has 0 amide bonds. The fraction of sp³-hybridized carbons (Fsp3) is 0.429. The summed E-state index contributed by atoms with van der Waals surface area (Å²) in [7, 11) is 5.79. The van der Waals surface area contributed by atoms with E-state index in [0.717, 1.165) is 53.4 Å². The van der Waals surface area contributed by atoms with Gasteiger partial charge in [0.05, 0.1) is 33.4 Å². The van der Waals surface area contributed by atoms with Crippen molar-refractivity contribution in [1.29, 1.82) is 0 Å². The number of rotatable bonds is 2. The lowest BCUT2D eigenvalue weighted by atomic mass is 9.81. The van der Waals surface area contributed by atoms with Gasteiger partial charge < -0.3 is 47.4 Å². The number of likely N-dealkylation sites (N-methyl/N-ethyl adjacent to an activating group) is 1. The lowest BCUT2D eigenvalue weighted by molar-refractivity contribution is -0.956. The molecular weight excluding hydrogens is 457 g/mol. The normalized spacial score (nSPS) is 24.2. The van der Waals surface area contributed by atoms with Gasteiger partial charge in [-0.3, -0.25) is 0 Å². The van der Waals surface area contributed by atoms with Crippen LogP contribution in [0.5, 0.6) is 23.0 Å². The summed E-state index contributed by atoms with van der Waals surface area (Å²) in [6, 6.07) is 9.05. The highest BCUT2D eigenvalue weighted by Gasteiger charge is 2.45. The minimum atomic E-state index is 0. The van der Waals surface area contributed by atoms with E-state index in [9.17, 15) is 0 Å². The highest BCUT2D eigenvalue weighted by molar-refractivity contribution is 5.54. The number of fused-ring (bicyclic) bond motifs is 5. The van der Waals surface area contributed by atoms with Crippen LogP contribution < -0.4 is 42.9 Å². The Balaban J connectivity index is 0.00000180. The molecule has 0 radical (unpaired) electrons. The van der Waals surface area contributed by atoms with Gasteiger partial charge in [0.1, 0.15) is 12.6 Å². The summed E-state index contributed by atoms with van der Waals surface area (Å²) >= 11 is 0. The predicted molar refractivity (Wildman–Crippen MR) is 97.0 cm³/mol. The van der Waals surface area contributed by atoms with Crippen molar-refractivity contribution >= 4 is 0 Å². The second-order valence-corrected chi connectivity index (χ2v) is 7.67. The summed E-state index contributed by atoms with van der Waals surface area (Å²) in [6.45, 7) is 2.39. The molecule has 0 saturated carbocycles. The number of hydrogen-bond donors (Lipinski definition) is 0. The first kappa shape index (κ1) is 18.7. The van der Waals surface area contributed by atoms with Crippen molar-refractivity contribution in [2.24, 2.45) is 0 Å². The smallest absolute Gasteiger partial charge is 0.231 e. The molecule has 2 unspecified atom stereocenters. The van der Waals surface area contributed by atoms with E-state index in [-0.39, 0.29) is 24.0 Å². The fourth-order valence-corrected chi connectivity index (χ4v) is 4.88. The van der Waals surface area contributed by atoms with Gasteiger partial charge >= 0.3 is 0 Å². The van der Waals surface area contributed by atoms with E-state index in [0.29, 0.717) is 12.8 Å². The molecule has 5 rings (SSSR count). The first-order valence-corrected chi connectivity index (χ1v) is 9.12. The van der Waals surface area contributed by atoms with E-state index in [1.807, 2.05) is 6.07 Å². The van der Waals surface area contributed by atoms with Gasteiger partial charge in [-0.2, -0.15) is 0 Å². The number of ether oxygens (including phenoxy) is 4. The molecule has 27 heavy (non-hydrogen) atoms. The topological polar surface area (TPSA) is 36.9 Å². The summed E-state index contributed by atoms with van der Waals surface area (Å²) < 4.78 is 23.5. The van der Waals surface area contributed by atoms with Crippen LogP contribution in [0.25, 0.3) is 0 Å². The van der Waals surface area contributed by atoms with Gasteiger partial charge in [0.25, 0.3) is 0 Å². The van der Waals surface area contributed by atoms with Crippen LogP contribution in [0.2, 0.25) is 0 Å². The standard InChI is InChI=1S/C21H24NO4.HI/c1-22-7-6-14-9-19-20(26-12-25-19)10-15(14)17(22)8-13-4-5-18(23-2)21(24-3)16(13)11-22;/h4-5,9-10,17H,6-8,11-12H2,1-3H3;1H/q+1;/p-1. The first-order chi connectivity index (χ1) is 12.6. The van der Waals surface area contributed by atoms with Gasteiger partial charge in [-0.25, -0.2) is 0 Å². The van der Waals surface area contributed by atoms with Crippen molar-refractivity contribution in [3.8, 4) is 23.0 Å². The Morgan fingerprint density at radius 2 is 1.81 bits per heavy atom. The molecule has 0 aliphatic carbocycles. The van der Waals surface area contributed by atoms with Crippen LogP contribution in [0, 0.1) is 0 Å². The van der Waals surface area contributed by atoms with Crippen LogP contribution in [0.15, 0.2) is 24.3 Å². The van der Waals surface area contributed by atoms with Gasteiger partial charge in [0, 0.05) is 18.4 Å². The lowest BCUT2D eigenvalue weighted by Gasteiger charge is -2.49. The van der Waals surface area contributed by atoms with Crippen LogP contribution >= 0.6 is 0 Å². The van der Waals surface area contributed by atoms with Crippen molar-refractivity contribution in [3.05, 3.63) is 46.5 Å². The van der Waals surface area contributed by atoms with Gasteiger partial charge in [-0.15, -0.1) is 0 Å². The molecule has 5 nitrogen and oxygen atoms in total. The zero-order chi connectivity index (χ0) is 17.9. The Hall–Kier alpha value is -1.67. The maximum absolute atomic E-state index is 5.72. The van der Waals surface area contributed by atoms with E-state index in [1.165, 1.54) is 22.3 Å². The largest absolute Gasteiger partial charge is 1.00 e. The zero-order valence-corrected chi connectivity index (χ0v) is 18.0. The fourth-order valence-electron chi connectivity index (χ4n) is 4.88. The Morgan fingerprint density at radius 1 is 1.04 bits per heavy atom. The second kappa shape index (κ2) is 6.74. The maximum atomic E-state index is 5.72. The summed E-state index contributed by atoms with van der Waals surface area (Å²) in [6.07, 6.45) is 2.05. The average molecular weight is 481 g/mol. The number of benzene rings is 2. The minimum Gasteiger partial charge on any atom is -1.00 e. The van der Waals surface area contributed by atoms with Crippen molar-refractivity contribution in [3.63, 3.8) is 0 Å². The molecule has 2 aromatic carbocycles. The van der Waals surface area contributed by atoms with Crippen molar-refractivity contribution in [2.45, 2.75) is 25.4 Å². The molecule has 3 aliphatic heterocycles. The van der Waals surface area contributed by atoms with Gasteiger partial charge in [0.15, 0.2) is 23.0 Å². The number of quaternary nitrogens is 1. The molecule has 0 spiro atoms. The number of halogens is 1. The molecule has 0 fully saturated rings. The van der Waals surface area contributed by atoms with E-state index < -0.39 is 0 Å². The molecule has 2 aromatic rings. The number of methoxy groups -OCH3 is 2. The molecule has 0 bridgehead atoms. The number of hydrogen-bond acceptors (Lipinski definition) is 4. The third kappa shape index (κ3) is 2.76. The van der Waals surface area contributed by atoms with Crippen molar-refractivity contribution < 1.29 is 47.4 Å². The molecular formula is C21H24INO4. The summed E-state index contributed by atoms with van der Waals surface area (Å²) in [5.41, 5.74) is 5.45. The molecule has 3 heterocycles. The molecule has 0 N–H and O–H groups in total. The highest BCUT2D eigenvalue weighted by Crippen LogP contribution is 2.49. The second-order valence-electron chi connectivity index (χ2n) is 7.67. The molecule has 0 aromatic heterocycles. The van der Waals surface area contributed by atoms with E-state index >= 15 is 0 Å². The van der Waals surface area contributed by atoms with Crippen LogP contribution in [0.4, 0.5) is 0 Å². The minimum absolute atomic E-state index is 0. The lowest BCUT2D eigenvalue weighted by Crippen LogP contribution is -3.00. The van der Waals surface area contributed by atoms with Gasteiger partial charge in [-0.1, -0.05) is 6.07 Å². The zero-order valence-electron chi connectivity index (χ0n) is 15.9. The first-order valence-electron chi connectivity index (χ1n) is 9.12. The molecule has 2 atom stereocenters. The Bertz CT molecular complexity index is 900. The van der Waals surface area contributed by atoms with E-state index in [4.69, 9.17) is 18.9 Å². The molecule has 6 heteroatoms. The van der Waals surface area contributed by atoms with Crippen molar-refractivity contribution in [2.75, 3.05) is 34.6 Å². The summed E-state index contributed by atoms with van der Waals surface area (Å²) in [4.78, 5) is 0. The van der Waals surface area contributed by atoms with Gasteiger partial charge in [-0.05, 0) is 29.3 Å². The highest BCUT2D eigenvalue weighted by atomic mass is 127. The summed E-state index contributed by atoms with van der Waals surface area (Å²) in [5.74, 6) is 3.48.